The molecular formula is C28H32N2O2. The van der Waals surface area contributed by atoms with Crippen LogP contribution in [0.25, 0.3) is 11.1 Å². The van der Waals surface area contributed by atoms with Crippen LogP contribution in [-0.4, -0.2) is 34.6 Å². The zero-order valence-electron chi connectivity index (χ0n) is 19.4. The maximum Gasteiger partial charge on any atom is 0.336 e. The van der Waals surface area contributed by atoms with Gasteiger partial charge in [-0.25, -0.2) is 4.79 Å². The van der Waals surface area contributed by atoms with E-state index in [1.54, 1.807) is 18.5 Å². The molecule has 3 aromatic rings. The summed E-state index contributed by atoms with van der Waals surface area (Å²) in [7, 11) is 2.16. The number of carbonyl (C=O) groups is 1. The molecule has 0 aliphatic carbocycles. The molecule has 1 atom stereocenters. The van der Waals surface area contributed by atoms with Gasteiger partial charge in [0.2, 0.25) is 0 Å². The highest BCUT2D eigenvalue weighted by Crippen LogP contribution is 2.36. The molecule has 1 aliphatic heterocycles. The second-order valence-electron chi connectivity index (χ2n) is 9.27. The molecule has 1 aromatic heterocycles. The van der Waals surface area contributed by atoms with Crippen LogP contribution in [0.3, 0.4) is 0 Å². The molecule has 1 N–H and O–H groups in total. The number of aryl methyl sites for hydroxylation is 2. The lowest BCUT2D eigenvalue weighted by Crippen LogP contribution is -2.32. The summed E-state index contributed by atoms with van der Waals surface area (Å²) in [5.41, 5.74) is 9.20. The Morgan fingerprint density at radius 3 is 2.72 bits per heavy atom. The number of carboxylic acid groups (broad SMARTS) is 1. The van der Waals surface area contributed by atoms with Gasteiger partial charge in [0.25, 0.3) is 0 Å². The van der Waals surface area contributed by atoms with Crippen LogP contribution in [0.1, 0.15) is 70.4 Å². The van der Waals surface area contributed by atoms with E-state index in [4.69, 9.17) is 0 Å². The topological polar surface area (TPSA) is 53.4 Å². The molecule has 0 saturated carbocycles. The van der Waals surface area contributed by atoms with E-state index in [-0.39, 0.29) is 6.04 Å². The van der Waals surface area contributed by atoms with Gasteiger partial charge >= 0.3 is 5.97 Å². The van der Waals surface area contributed by atoms with Crippen molar-refractivity contribution in [1.82, 2.24) is 9.88 Å². The van der Waals surface area contributed by atoms with E-state index >= 15 is 0 Å². The number of aromatic nitrogens is 1. The Labute approximate surface area is 190 Å². The predicted molar refractivity (Wildman–Crippen MR) is 129 cm³/mol. The fraction of sp³-hybridized carbons (Fsp3) is 0.357. The standard InChI is InChI=1S/C28H32N2O2/c1-18(2)20-5-8-24(19(3)15-20)21-6-9-25-22(16-21)12-14-30(4)27(25)10-7-23-17-29-13-11-26(23)28(31)32/h5-6,8-9,11,13,15-18,27H,7,10,12,14H2,1-4H3,(H,31,32)/t27-/m1/s1. The molecule has 0 amide bonds. The first-order valence-electron chi connectivity index (χ1n) is 11.4. The fourth-order valence-electron chi connectivity index (χ4n) is 4.88. The lowest BCUT2D eigenvalue weighted by molar-refractivity contribution is 0.0695. The highest BCUT2D eigenvalue weighted by Gasteiger charge is 2.25. The van der Waals surface area contributed by atoms with Crippen LogP contribution in [0.4, 0.5) is 0 Å². The van der Waals surface area contributed by atoms with Gasteiger partial charge in [-0.3, -0.25) is 9.88 Å². The lowest BCUT2D eigenvalue weighted by Gasteiger charge is -2.35. The van der Waals surface area contributed by atoms with Crippen LogP contribution < -0.4 is 0 Å². The molecule has 4 nitrogen and oxygen atoms in total. The van der Waals surface area contributed by atoms with Crippen molar-refractivity contribution < 1.29 is 9.90 Å². The van der Waals surface area contributed by atoms with Crippen LogP contribution in [0.15, 0.2) is 54.9 Å². The number of likely N-dealkylation sites (N-methyl/N-ethyl adjacent to an activating group) is 1. The Balaban J connectivity index is 1.60. The summed E-state index contributed by atoms with van der Waals surface area (Å²) in [6.45, 7) is 7.67. The quantitative estimate of drug-likeness (QED) is 0.520. The third-order valence-corrected chi connectivity index (χ3v) is 6.82. The normalized spacial score (nSPS) is 16.2. The van der Waals surface area contributed by atoms with Crippen molar-refractivity contribution in [2.75, 3.05) is 13.6 Å². The molecule has 1 aliphatic rings. The lowest BCUT2D eigenvalue weighted by atomic mass is 9.86. The van der Waals surface area contributed by atoms with E-state index in [2.05, 4.69) is 74.1 Å². The summed E-state index contributed by atoms with van der Waals surface area (Å²) in [6.07, 6.45) is 5.84. The van der Waals surface area contributed by atoms with Crippen molar-refractivity contribution in [2.45, 2.75) is 52.0 Å². The number of hydrogen-bond acceptors (Lipinski definition) is 3. The summed E-state index contributed by atoms with van der Waals surface area (Å²) in [5, 5.41) is 9.48. The van der Waals surface area contributed by atoms with E-state index in [1.165, 1.54) is 33.4 Å². The fourth-order valence-corrected chi connectivity index (χ4v) is 4.88. The van der Waals surface area contributed by atoms with E-state index in [0.717, 1.165) is 24.9 Å². The minimum Gasteiger partial charge on any atom is -0.478 e. The van der Waals surface area contributed by atoms with Crippen LogP contribution in [0.2, 0.25) is 0 Å². The molecule has 4 heteroatoms. The number of benzene rings is 2. The molecule has 32 heavy (non-hydrogen) atoms. The Hall–Kier alpha value is -2.98. The molecule has 0 unspecified atom stereocenters. The zero-order chi connectivity index (χ0) is 22.8. The minimum absolute atomic E-state index is 0.277. The monoisotopic (exact) mass is 428 g/mol. The number of fused-ring (bicyclic) bond motifs is 1. The summed E-state index contributed by atoms with van der Waals surface area (Å²) in [6, 6.07) is 15.6. The van der Waals surface area contributed by atoms with Crippen molar-refractivity contribution in [2.24, 2.45) is 0 Å². The average molecular weight is 429 g/mol. The minimum atomic E-state index is -0.886. The van der Waals surface area contributed by atoms with Crippen LogP contribution in [0.5, 0.6) is 0 Å². The zero-order valence-corrected chi connectivity index (χ0v) is 19.4. The number of aromatic carboxylic acids is 1. The summed E-state index contributed by atoms with van der Waals surface area (Å²) in [4.78, 5) is 18.1. The van der Waals surface area contributed by atoms with Gasteiger partial charge in [-0.1, -0.05) is 50.2 Å². The summed E-state index contributed by atoms with van der Waals surface area (Å²) < 4.78 is 0. The van der Waals surface area contributed by atoms with Gasteiger partial charge in [-0.05, 0) is 84.2 Å². The first kappa shape index (κ1) is 22.2. The summed E-state index contributed by atoms with van der Waals surface area (Å²) in [5.74, 6) is -0.354. The van der Waals surface area contributed by atoms with Gasteiger partial charge in [-0.2, -0.15) is 0 Å². The van der Waals surface area contributed by atoms with E-state index in [1.807, 2.05) is 0 Å². The van der Waals surface area contributed by atoms with Crippen LogP contribution >= 0.6 is 0 Å². The third kappa shape index (κ3) is 4.46. The number of pyridine rings is 1. The molecule has 0 spiro atoms. The highest BCUT2D eigenvalue weighted by molar-refractivity contribution is 5.89. The summed E-state index contributed by atoms with van der Waals surface area (Å²) >= 11 is 0. The van der Waals surface area contributed by atoms with Crippen molar-refractivity contribution in [3.63, 3.8) is 0 Å². The largest absolute Gasteiger partial charge is 0.478 e. The molecule has 4 rings (SSSR count). The Morgan fingerprint density at radius 1 is 1.19 bits per heavy atom. The van der Waals surface area contributed by atoms with Gasteiger partial charge in [0.1, 0.15) is 0 Å². The van der Waals surface area contributed by atoms with Gasteiger partial charge in [0.05, 0.1) is 5.56 Å². The third-order valence-electron chi connectivity index (χ3n) is 6.82. The smallest absolute Gasteiger partial charge is 0.336 e. The van der Waals surface area contributed by atoms with E-state index in [0.29, 0.717) is 17.9 Å². The Kier molecular flexibility index (Phi) is 6.43. The van der Waals surface area contributed by atoms with Crippen LogP contribution in [-0.2, 0) is 12.8 Å². The van der Waals surface area contributed by atoms with Crippen LogP contribution in [0, 0.1) is 6.92 Å². The molecule has 0 fully saturated rings. The second kappa shape index (κ2) is 9.25. The number of rotatable bonds is 6. The maximum atomic E-state index is 11.6. The predicted octanol–water partition coefficient (Wildman–Crippen LogP) is 6.04. The number of carboxylic acids is 1. The first-order valence-corrected chi connectivity index (χ1v) is 11.4. The van der Waals surface area contributed by atoms with E-state index in [9.17, 15) is 9.90 Å². The average Bonchev–Trinajstić information content (AvgIpc) is 2.78. The molecule has 0 radical (unpaired) electrons. The Bertz CT molecular complexity index is 1140. The molecule has 0 saturated heterocycles. The Morgan fingerprint density at radius 2 is 2.00 bits per heavy atom. The SMILES string of the molecule is Cc1cc(C(C)C)ccc1-c1ccc2c(c1)CCN(C)[C@@H]2CCc1cnccc1C(=O)O. The number of nitrogens with zero attached hydrogens (tertiary/aromatic N) is 2. The molecule has 0 bridgehead atoms. The number of hydrogen-bond donors (Lipinski definition) is 1. The van der Waals surface area contributed by atoms with Gasteiger partial charge in [0, 0.05) is 25.0 Å². The first-order chi connectivity index (χ1) is 15.3. The van der Waals surface area contributed by atoms with Gasteiger partial charge in [0.15, 0.2) is 0 Å². The van der Waals surface area contributed by atoms with Gasteiger partial charge < -0.3 is 5.11 Å². The molecule has 166 valence electrons. The van der Waals surface area contributed by atoms with Crippen molar-refractivity contribution in [3.05, 3.63) is 88.2 Å². The molecule has 2 aromatic carbocycles. The van der Waals surface area contributed by atoms with Crippen molar-refractivity contribution in [1.29, 1.82) is 0 Å². The van der Waals surface area contributed by atoms with E-state index < -0.39 is 5.97 Å². The van der Waals surface area contributed by atoms with Crippen molar-refractivity contribution in [3.8, 4) is 11.1 Å². The van der Waals surface area contributed by atoms with Crippen molar-refractivity contribution >= 4 is 5.97 Å². The second-order valence-corrected chi connectivity index (χ2v) is 9.27. The molecular weight excluding hydrogens is 396 g/mol. The van der Waals surface area contributed by atoms with Gasteiger partial charge in [-0.15, -0.1) is 0 Å². The highest BCUT2D eigenvalue weighted by atomic mass is 16.4. The maximum absolute atomic E-state index is 11.6. The molecule has 2 heterocycles.